The van der Waals surface area contributed by atoms with Crippen molar-refractivity contribution >= 4 is 23.4 Å². The van der Waals surface area contributed by atoms with E-state index in [1.54, 1.807) is 12.1 Å². The van der Waals surface area contributed by atoms with E-state index in [0.717, 1.165) is 5.56 Å². The molecule has 0 spiro atoms. The van der Waals surface area contributed by atoms with E-state index in [0.29, 0.717) is 12.2 Å². The smallest absolute Gasteiger partial charge is 0.254 e. The fourth-order valence-corrected chi connectivity index (χ4v) is 3.01. The zero-order valence-corrected chi connectivity index (χ0v) is 14.9. The third kappa shape index (κ3) is 4.31. The highest BCUT2D eigenvalue weighted by Gasteiger charge is 2.35. The fraction of sp³-hybridized carbons (Fsp3) is 0.250. The second-order valence-corrected chi connectivity index (χ2v) is 6.38. The van der Waals surface area contributed by atoms with Gasteiger partial charge in [-0.2, -0.15) is 0 Å². The normalized spacial score (nSPS) is 16.6. The number of amides is 3. The first-order valence-electron chi connectivity index (χ1n) is 8.65. The van der Waals surface area contributed by atoms with Gasteiger partial charge in [0.2, 0.25) is 11.8 Å². The maximum atomic E-state index is 13.1. The lowest BCUT2D eigenvalue weighted by Gasteiger charge is -2.34. The molecule has 2 aromatic rings. The Bertz CT molecular complexity index is 867. The molecule has 2 N–H and O–H groups in total. The van der Waals surface area contributed by atoms with Crippen LogP contribution in [0, 0.1) is 12.7 Å². The fourth-order valence-electron chi connectivity index (χ4n) is 3.01. The van der Waals surface area contributed by atoms with E-state index >= 15 is 0 Å². The monoisotopic (exact) mass is 369 g/mol. The number of aryl methyl sites for hydroxylation is 1. The summed E-state index contributed by atoms with van der Waals surface area (Å²) in [6, 6.07) is 11.5. The van der Waals surface area contributed by atoms with Crippen molar-refractivity contribution in [1.29, 1.82) is 0 Å². The molecular formula is C20H20FN3O3. The van der Waals surface area contributed by atoms with Crippen LogP contribution in [0.2, 0.25) is 0 Å². The van der Waals surface area contributed by atoms with Gasteiger partial charge in [0.15, 0.2) is 0 Å². The Morgan fingerprint density at radius 3 is 2.59 bits per heavy atom. The summed E-state index contributed by atoms with van der Waals surface area (Å²) in [4.78, 5) is 38.9. The van der Waals surface area contributed by atoms with Gasteiger partial charge in [-0.05, 0) is 42.8 Å². The van der Waals surface area contributed by atoms with Gasteiger partial charge in [0.1, 0.15) is 11.9 Å². The van der Waals surface area contributed by atoms with E-state index in [1.165, 1.54) is 29.2 Å². The van der Waals surface area contributed by atoms with Crippen molar-refractivity contribution in [2.75, 3.05) is 18.4 Å². The van der Waals surface area contributed by atoms with E-state index in [-0.39, 0.29) is 30.3 Å². The van der Waals surface area contributed by atoms with Crippen molar-refractivity contribution in [2.45, 2.75) is 19.4 Å². The van der Waals surface area contributed by atoms with E-state index in [1.807, 2.05) is 19.1 Å². The molecular weight excluding hydrogens is 349 g/mol. The van der Waals surface area contributed by atoms with Crippen LogP contribution >= 0.6 is 0 Å². The van der Waals surface area contributed by atoms with Gasteiger partial charge in [0.05, 0.1) is 6.42 Å². The third-order valence-electron chi connectivity index (χ3n) is 4.48. The van der Waals surface area contributed by atoms with Gasteiger partial charge in [0.25, 0.3) is 5.91 Å². The molecule has 1 aliphatic rings. The summed E-state index contributed by atoms with van der Waals surface area (Å²) in [6.45, 7) is 2.46. The average Bonchev–Trinajstić information content (AvgIpc) is 2.65. The third-order valence-corrected chi connectivity index (χ3v) is 4.48. The molecule has 1 saturated heterocycles. The molecule has 6 nitrogen and oxygen atoms in total. The molecule has 0 radical (unpaired) electrons. The van der Waals surface area contributed by atoms with E-state index in [4.69, 9.17) is 0 Å². The van der Waals surface area contributed by atoms with Crippen LogP contribution in [0.15, 0.2) is 48.5 Å². The maximum absolute atomic E-state index is 13.1. The molecule has 3 rings (SSSR count). The molecule has 0 aromatic heterocycles. The zero-order valence-electron chi connectivity index (χ0n) is 14.9. The highest BCUT2D eigenvalue weighted by Crippen LogP contribution is 2.17. The highest BCUT2D eigenvalue weighted by atomic mass is 19.1. The van der Waals surface area contributed by atoms with Crippen molar-refractivity contribution in [3.63, 3.8) is 0 Å². The summed E-state index contributed by atoms with van der Waals surface area (Å²) in [5.74, 6) is -1.59. The topological polar surface area (TPSA) is 78.5 Å². The molecule has 1 heterocycles. The number of piperazine rings is 1. The number of nitrogens with zero attached hydrogens (tertiary/aromatic N) is 1. The predicted molar refractivity (Wildman–Crippen MR) is 98.7 cm³/mol. The van der Waals surface area contributed by atoms with Crippen LogP contribution in [0.5, 0.6) is 0 Å². The molecule has 0 saturated carbocycles. The molecule has 2 aromatic carbocycles. The minimum atomic E-state index is -0.916. The minimum Gasteiger partial charge on any atom is -0.353 e. The summed E-state index contributed by atoms with van der Waals surface area (Å²) < 4.78 is 13.1. The number of para-hydroxylation sites is 1. The van der Waals surface area contributed by atoms with Crippen LogP contribution in [0.1, 0.15) is 22.3 Å². The average molecular weight is 369 g/mol. The lowest BCUT2D eigenvalue weighted by atomic mass is 10.1. The van der Waals surface area contributed by atoms with Crippen LogP contribution in [0.25, 0.3) is 0 Å². The first-order valence-corrected chi connectivity index (χ1v) is 8.65. The molecule has 0 bridgehead atoms. The lowest BCUT2D eigenvalue weighted by molar-refractivity contribution is -0.131. The molecule has 7 heteroatoms. The number of rotatable bonds is 4. The van der Waals surface area contributed by atoms with Gasteiger partial charge in [-0.15, -0.1) is 0 Å². The number of hydrogen-bond donors (Lipinski definition) is 2. The van der Waals surface area contributed by atoms with Crippen LogP contribution in [-0.4, -0.2) is 41.8 Å². The molecule has 1 fully saturated rings. The largest absolute Gasteiger partial charge is 0.353 e. The Labute approximate surface area is 156 Å². The van der Waals surface area contributed by atoms with Gasteiger partial charge in [0, 0.05) is 24.3 Å². The number of halogens is 1. The van der Waals surface area contributed by atoms with Crippen LogP contribution < -0.4 is 10.6 Å². The number of nitrogens with one attached hydrogen (secondary N) is 2. The van der Waals surface area contributed by atoms with Crippen molar-refractivity contribution < 1.29 is 18.8 Å². The minimum absolute atomic E-state index is 0.160. The summed E-state index contributed by atoms with van der Waals surface area (Å²) in [6.07, 6.45) is -0.160. The molecule has 27 heavy (non-hydrogen) atoms. The summed E-state index contributed by atoms with van der Waals surface area (Å²) in [5.41, 5.74) is 1.84. The SMILES string of the molecule is Cc1ccccc1NC(=O)C[C@@H]1C(=O)NCCN1C(=O)c1ccc(F)cc1. The number of carbonyl (C=O) groups is 3. The number of carbonyl (C=O) groups excluding carboxylic acids is 3. The van der Waals surface area contributed by atoms with E-state index < -0.39 is 17.8 Å². The standard InChI is InChI=1S/C20H20FN3O3/c1-13-4-2-3-5-16(13)23-18(25)12-17-19(26)22-10-11-24(17)20(27)14-6-8-15(21)9-7-14/h2-9,17H,10-12H2,1H3,(H,22,26)(H,23,25)/t17-/m1/s1. The first-order chi connectivity index (χ1) is 13.0. The Morgan fingerprint density at radius 2 is 1.89 bits per heavy atom. The summed E-state index contributed by atoms with van der Waals surface area (Å²) in [7, 11) is 0. The van der Waals surface area contributed by atoms with Gasteiger partial charge in [-0.1, -0.05) is 18.2 Å². The lowest BCUT2D eigenvalue weighted by Crippen LogP contribution is -2.58. The maximum Gasteiger partial charge on any atom is 0.254 e. The van der Waals surface area contributed by atoms with E-state index in [2.05, 4.69) is 10.6 Å². The Balaban J connectivity index is 1.75. The van der Waals surface area contributed by atoms with Crippen molar-refractivity contribution in [1.82, 2.24) is 10.2 Å². The van der Waals surface area contributed by atoms with E-state index in [9.17, 15) is 18.8 Å². The molecule has 3 amide bonds. The van der Waals surface area contributed by atoms with Crippen LogP contribution in [0.3, 0.4) is 0 Å². The van der Waals surface area contributed by atoms with Crippen LogP contribution in [-0.2, 0) is 9.59 Å². The first kappa shape index (κ1) is 18.6. The van der Waals surface area contributed by atoms with Gasteiger partial charge < -0.3 is 15.5 Å². The number of benzene rings is 2. The van der Waals surface area contributed by atoms with Gasteiger partial charge in [-0.3, -0.25) is 14.4 Å². The molecule has 140 valence electrons. The van der Waals surface area contributed by atoms with Gasteiger partial charge >= 0.3 is 0 Å². The predicted octanol–water partition coefficient (Wildman–Crippen LogP) is 2.10. The molecule has 0 aliphatic carbocycles. The second kappa shape index (κ2) is 7.99. The van der Waals surface area contributed by atoms with Gasteiger partial charge in [-0.25, -0.2) is 4.39 Å². The highest BCUT2D eigenvalue weighted by molar-refractivity contribution is 6.01. The Morgan fingerprint density at radius 1 is 1.19 bits per heavy atom. The van der Waals surface area contributed by atoms with Crippen molar-refractivity contribution in [3.05, 3.63) is 65.5 Å². The second-order valence-electron chi connectivity index (χ2n) is 6.38. The Kier molecular flexibility index (Phi) is 5.49. The number of anilines is 1. The molecule has 1 atom stereocenters. The van der Waals surface area contributed by atoms with Crippen molar-refractivity contribution in [2.24, 2.45) is 0 Å². The zero-order chi connectivity index (χ0) is 19.4. The van der Waals surface area contributed by atoms with Crippen LogP contribution in [0.4, 0.5) is 10.1 Å². The summed E-state index contributed by atoms with van der Waals surface area (Å²) >= 11 is 0. The summed E-state index contributed by atoms with van der Waals surface area (Å²) in [5, 5.41) is 5.46. The van der Waals surface area contributed by atoms with Crippen molar-refractivity contribution in [3.8, 4) is 0 Å². The number of hydrogen-bond acceptors (Lipinski definition) is 3. The quantitative estimate of drug-likeness (QED) is 0.866. The Hall–Kier alpha value is -3.22. The molecule has 0 unspecified atom stereocenters. The molecule has 1 aliphatic heterocycles.